The van der Waals surface area contributed by atoms with Crippen LogP contribution in [0.1, 0.15) is 6.42 Å². The summed E-state index contributed by atoms with van der Waals surface area (Å²) in [6, 6.07) is 0. The van der Waals surface area contributed by atoms with E-state index in [9.17, 15) is 0 Å². The van der Waals surface area contributed by atoms with Crippen molar-refractivity contribution in [3.05, 3.63) is 35.6 Å². The van der Waals surface area contributed by atoms with Gasteiger partial charge in [0.25, 0.3) is 0 Å². The van der Waals surface area contributed by atoms with Gasteiger partial charge in [0.1, 0.15) is 0 Å². The van der Waals surface area contributed by atoms with Crippen molar-refractivity contribution in [2.45, 2.75) is 6.42 Å². The molecule has 0 N–H and O–H groups in total. The van der Waals surface area contributed by atoms with E-state index >= 15 is 0 Å². The second-order valence-electron chi connectivity index (χ2n) is 2.21. The quantitative estimate of drug-likeness (QED) is 0.474. The van der Waals surface area contributed by atoms with Crippen molar-refractivity contribution in [2.24, 2.45) is 5.10 Å². The van der Waals surface area contributed by atoms with E-state index in [0.717, 1.165) is 12.1 Å². The second kappa shape index (κ2) is 2.14. The smallest absolute Gasteiger partial charge is 0.0892 e. The third-order valence-electron chi connectivity index (χ3n) is 1.53. The van der Waals surface area contributed by atoms with Crippen LogP contribution in [0.2, 0.25) is 0 Å². The Kier molecular flexibility index (Phi) is 1.17. The van der Waals surface area contributed by atoms with Gasteiger partial charge >= 0.3 is 0 Å². The van der Waals surface area contributed by atoms with Crippen LogP contribution in [0.4, 0.5) is 0 Å². The predicted molar refractivity (Wildman–Crippen MR) is 40.5 cm³/mol. The molecule has 0 saturated carbocycles. The van der Waals surface area contributed by atoms with E-state index in [1.165, 1.54) is 5.57 Å². The Hall–Kier alpha value is -1.31. The molecular weight excluding hydrogens is 124 g/mol. The monoisotopic (exact) mass is 131 g/mol. The molecule has 1 radical (unpaired) electrons. The Bertz CT molecular complexity index is 256. The first-order chi connectivity index (χ1) is 4.97. The average Bonchev–Trinajstić information content (AvgIpc) is 2.05. The first-order valence-corrected chi connectivity index (χ1v) is 3.28. The SMILES string of the molecule is C1=CC2=CC=N[N]C2=CC1. The van der Waals surface area contributed by atoms with Gasteiger partial charge in [0, 0.05) is 5.57 Å². The molecule has 10 heavy (non-hydrogen) atoms. The topological polar surface area (TPSA) is 26.5 Å². The second-order valence-corrected chi connectivity index (χ2v) is 2.21. The molecule has 2 heteroatoms. The van der Waals surface area contributed by atoms with Gasteiger partial charge in [0.05, 0.1) is 11.9 Å². The van der Waals surface area contributed by atoms with Crippen LogP contribution in [0.5, 0.6) is 0 Å². The van der Waals surface area contributed by atoms with Crippen LogP contribution < -0.4 is 5.43 Å². The summed E-state index contributed by atoms with van der Waals surface area (Å²) in [5.74, 6) is 0. The van der Waals surface area contributed by atoms with Gasteiger partial charge in [0.2, 0.25) is 0 Å². The summed E-state index contributed by atoms with van der Waals surface area (Å²) in [5.41, 5.74) is 6.13. The third-order valence-corrected chi connectivity index (χ3v) is 1.53. The van der Waals surface area contributed by atoms with Crippen LogP contribution >= 0.6 is 0 Å². The maximum Gasteiger partial charge on any atom is 0.0892 e. The lowest BCUT2D eigenvalue weighted by atomic mass is 10.1. The number of hydrogen-bond donors (Lipinski definition) is 0. The summed E-state index contributed by atoms with van der Waals surface area (Å²) in [5, 5.41) is 3.78. The molecular formula is C8H7N2. The Balaban J connectivity index is 2.39. The molecule has 0 spiro atoms. The predicted octanol–water partition coefficient (Wildman–Crippen LogP) is 1.36. The number of hydrogen-bond acceptors (Lipinski definition) is 1. The largest absolute Gasteiger partial charge is 0.159 e. The van der Waals surface area contributed by atoms with Crippen molar-refractivity contribution < 1.29 is 0 Å². The molecule has 0 aromatic carbocycles. The summed E-state index contributed by atoms with van der Waals surface area (Å²) in [6.45, 7) is 0. The van der Waals surface area contributed by atoms with Gasteiger partial charge < -0.3 is 0 Å². The lowest BCUT2D eigenvalue weighted by Crippen LogP contribution is -2.05. The van der Waals surface area contributed by atoms with Crippen LogP contribution in [0, 0.1) is 0 Å². The Morgan fingerprint density at radius 2 is 2.40 bits per heavy atom. The van der Waals surface area contributed by atoms with Gasteiger partial charge in [-0.05, 0) is 12.5 Å². The fourth-order valence-electron chi connectivity index (χ4n) is 1.03. The molecule has 1 aliphatic heterocycles. The van der Waals surface area contributed by atoms with E-state index in [1.54, 1.807) is 6.21 Å². The van der Waals surface area contributed by atoms with Crippen molar-refractivity contribution in [2.75, 3.05) is 0 Å². The van der Waals surface area contributed by atoms with Crippen molar-refractivity contribution >= 4 is 6.21 Å². The number of rotatable bonds is 0. The molecule has 0 bridgehead atoms. The molecule has 0 saturated heterocycles. The zero-order valence-electron chi connectivity index (χ0n) is 5.49. The molecule has 1 aliphatic carbocycles. The average molecular weight is 131 g/mol. The molecule has 2 rings (SSSR count). The molecule has 0 fully saturated rings. The van der Waals surface area contributed by atoms with Gasteiger partial charge in [-0.3, -0.25) is 0 Å². The molecule has 49 valence electrons. The standard InChI is InChI=1S/C8H7N2/c1-2-4-8-7(3-1)5-6-9-10-8/h1,3-6H,2H2. The van der Waals surface area contributed by atoms with Crippen molar-refractivity contribution in [1.82, 2.24) is 5.43 Å². The molecule has 0 unspecified atom stereocenters. The summed E-state index contributed by atoms with van der Waals surface area (Å²) in [6.07, 6.45) is 10.9. The fraction of sp³-hybridized carbons (Fsp3) is 0.125. The highest BCUT2D eigenvalue weighted by atomic mass is 15.3. The highest BCUT2D eigenvalue weighted by Gasteiger charge is 2.07. The zero-order valence-corrected chi connectivity index (χ0v) is 5.49. The van der Waals surface area contributed by atoms with Gasteiger partial charge in [-0.25, -0.2) is 0 Å². The van der Waals surface area contributed by atoms with Gasteiger partial charge in [0.15, 0.2) is 0 Å². The Labute approximate surface area is 59.6 Å². The number of fused-ring (bicyclic) bond motifs is 1. The van der Waals surface area contributed by atoms with E-state index in [4.69, 9.17) is 0 Å². The maximum atomic E-state index is 3.96. The third kappa shape index (κ3) is 0.778. The first kappa shape index (κ1) is 5.47. The summed E-state index contributed by atoms with van der Waals surface area (Å²) in [7, 11) is 0. The minimum absolute atomic E-state index is 0.978. The summed E-state index contributed by atoms with van der Waals surface area (Å²) < 4.78 is 0. The molecule has 2 nitrogen and oxygen atoms in total. The number of nitrogens with zero attached hydrogens (tertiary/aromatic N) is 2. The van der Waals surface area contributed by atoms with E-state index in [2.05, 4.69) is 28.8 Å². The lowest BCUT2D eigenvalue weighted by molar-refractivity contribution is 0.870. The molecule has 0 atom stereocenters. The normalized spacial score (nSPS) is 20.8. The van der Waals surface area contributed by atoms with E-state index in [0.29, 0.717) is 0 Å². The lowest BCUT2D eigenvalue weighted by Gasteiger charge is -2.10. The van der Waals surface area contributed by atoms with Crippen molar-refractivity contribution in [3.63, 3.8) is 0 Å². The zero-order chi connectivity index (χ0) is 6.81. The van der Waals surface area contributed by atoms with Crippen LogP contribution in [0.3, 0.4) is 0 Å². The van der Waals surface area contributed by atoms with E-state index < -0.39 is 0 Å². The number of allylic oxidation sites excluding steroid dienone is 4. The summed E-state index contributed by atoms with van der Waals surface area (Å²) >= 11 is 0. The Morgan fingerprint density at radius 1 is 1.40 bits per heavy atom. The Morgan fingerprint density at radius 3 is 3.30 bits per heavy atom. The van der Waals surface area contributed by atoms with Crippen LogP contribution in [-0.4, -0.2) is 6.21 Å². The van der Waals surface area contributed by atoms with Crippen molar-refractivity contribution in [1.29, 1.82) is 0 Å². The summed E-state index contributed by atoms with van der Waals surface area (Å²) in [4.78, 5) is 0. The van der Waals surface area contributed by atoms with Gasteiger partial charge in [-0.1, -0.05) is 18.2 Å². The molecule has 0 aromatic heterocycles. The van der Waals surface area contributed by atoms with Gasteiger partial charge in [-0.15, -0.1) is 0 Å². The van der Waals surface area contributed by atoms with E-state index in [-0.39, 0.29) is 0 Å². The van der Waals surface area contributed by atoms with Crippen molar-refractivity contribution in [3.8, 4) is 0 Å². The minimum atomic E-state index is 0.978. The molecule has 1 heterocycles. The molecule has 0 aromatic rings. The maximum absolute atomic E-state index is 3.96. The first-order valence-electron chi connectivity index (χ1n) is 3.28. The fourth-order valence-corrected chi connectivity index (χ4v) is 1.03. The van der Waals surface area contributed by atoms with Crippen LogP contribution in [-0.2, 0) is 0 Å². The van der Waals surface area contributed by atoms with Crippen LogP contribution in [0.25, 0.3) is 0 Å². The molecule has 0 amide bonds. The van der Waals surface area contributed by atoms with Gasteiger partial charge in [-0.2, -0.15) is 10.5 Å². The van der Waals surface area contributed by atoms with Crippen LogP contribution in [0.15, 0.2) is 40.7 Å². The minimum Gasteiger partial charge on any atom is -0.159 e. The highest BCUT2D eigenvalue weighted by molar-refractivity contribution is 5.76. The van der Waals surface area contributed by atoms with E-state index in [1.807, 2.05) is 6.08 Å². The highest BCUT2D eigenvalue weighted by Crippen LogP contribution is 2.17. The molecule has 2 aliphatic rings.